The second-order valence-electron chi connectivity index (χ2n) is 6.82. The highest BCUT2D eigenvalue weighted by molar-refractivity contribution is 5.60. The Bertz CT molecular complexity index is 998. The fourth-order valence-electron chi connectivity index (χ4n) is 3.13. The van der Waals surface area contributed by atoms with Crippen LogP contribution in [0.25, 0.3) is 6.08 Å². The highest BCUT2D eigenvalue weighted by atomic mass is 16.5. The molecule has 0 aliphatic carbocycles. The van der Waals surface area contributed by atoms with Crippen molar-refractivity contribution in [3.63, 3.8) is 0 Å². The molecule has 162 valence electrons. The molecule has 0 amide bonds. The normalized spacial score (nSPS) is 11.9. The van der Waals surface area contributed by atoms with Gasteiger partial charge in [0.25, 0.3) is 0 Å². The first-order valence-corrected chi connectivity index (χ1v) is 10.2. The molecule has 0 radical (unpaired) electrons. The third kappa shape index (κ3) is 6.03. The molecule has 0 heterocycles. The van der Waals surface area contributed by atoms with E-state index in [9.17, 15) is 5.11 Å². The Kier molecular flexibility index (Phi) is 7.96. The monoisotopic (exact) mass is 420 g/mol. The highest BCUT2D eigenvalue weighted by Gasteiger charge is 2.14. The predicted molar refractivity (Wildman–Crippen MR) is 122 cm³/mol. The number of methoxy groups -OCH3 is 2. The summed E-state index contributed by atoms with van der Waals surface area (Å²) in [5, 5.41) is 10.9. The number of benzene rings is 3. The summed E-state index contributed by atoms with van der Waals surface area (Å²) in [6, 6.07) is 20.9. The molecular weight excluding hydrogens is 392 g/mol. The molecule has 1 atom stereocenters. The quantitative estimate of drug-likeness (QED) is 0.474. The molecule has 31 heavy (non-hydrogen) atoms. The molecule has 0 spiro atoms. The van der Waals surface area contributed by atoms with Gasteiger partial charge in [-0.1, -0.05) is 42.5 Å². The molecule has 3 aromatic rings. The number of aliphatic hydroxyl groups is 1. The zero-order chi connectivity index (χ0) is 22.1. The Balaban J connectivity index is 1.83. The Morgan fingerprint density at radius 3 is 2.29 bits per heavy atom. The van der Waals surface area contributed by atoms with Gasteiger partial charge in [0.1, 0.15) is 35.7 Å². The van der Waals surface area contributed by atoms with Gasteiger partial charge in [0, 0.05) is 23.3 Å². The van der Waals surface area contributed by atoms with E-state index in [2.05, 4.69) is 0 Å². The Morgan fingerprint density at radius 1 is 0.839 bits per heavy atom. The number of rotatable bonds is 10. The van der Waals surface area contributed by atoms with Gasteiger partial charge in [-0.25, -0.2) is 0 Å². The van der Waals surface area contributed by atoms with Crippen LogP contribution in [0.2, 0.25) is 0 Å². The molecule has 0 bridgehead atoms. The van der Waals surface area contributed by atoms with E-state index in [-0.39, 0.29) is 0 Å². The van der Waals surface area contributed by atoms with Gasteiger partial charge in [-0.2, -0.15) is 0 Å². The van der Waals surface area contributed by atoms with E-state index in [0.717, 1.165) is 11.1 Å². The van der Waals surface area contributed by atoms with Crippen LogP contribution in [0, 0.1) is 0 Å². The van der Waals surface area contributed by atoms with Crippen LogP contribution in [0.15, 0.2) is 72.8 Å². The van der Waals surface area contributed by atoms with E-state index in [4.69, 9.17) is 18.9 Å². The molecule has 5 nitrogen and oxygen atoms in total. The Hall–Kier alpha value is -3.44. The molecule has 0 aromatic heterocycles. The van der Waals surface area contributed by atoms with Crippen LogP contribution in [-0.4, -0.2) is 25.9 Å². The lowest BCUT2D eigenvalue weighted by Gasteiger charge is -2.16. The van der Waals surface area contributed by atoms with Crippen LogP contribution in [0.4, 0.5) is 0 Å². The van der Waals surface area contributed by atoms with Gasteiger partial charge < -0.3 is 24.1 Å². The molecule has 3 aromatic carbocycles. The Morgan fingerprint density at radius 2 is 1.58 bits per heavy atom. The van der Waals surface area contributed by atoms with Crippen LogP contribution in [-0.2, 0) is 6.61 Å². The van der Waals surface area contributed by atoms with Crippen molar-refractivity contribution in [3.05, 3.63) is 89.5 Å². The van der Waals surface area contributed by atoms with E-state index < -0.39 is 6.10 Å². The smallest absolute Gasteiger partial charge is 0.129 e. The van der Waals surface area contributed by atoms with Gasteiger partial charge in [0.05, 0.1) is 20.8 Å². The van der Waals surface area contributed by atoms with Crippen molar-refractivity contribution in [2.75, 3.05) is 20.8 Å². The zero-order valence-electron chi connectivity index (χ0n) is 18.1. The summed E-state index contributed by atoms with van der Waals surface area (Å²) in [4.78, 5) is 0. The number of hydrogen-bond donors (Lipinski definition) is 1. The fraction of sp³-hybridized carbons (Fsp3) is 0.231. The minimum atomic E-state index is -0.867. The minimum Gasteiger partial charge on any atom is -0.497 e. The summed E-state index contributed by atoms with van der Waals surface area (Å²) >= 11 is 0. The zero-order valence-corrected chi connectivity index (χ0v) is 18.1. The molecular formula is C26H28O5. The maximum absolute atomic E-state index is 10.9. The topological polar surface area (TPSA) is 57.2 Å². The highest BCUT2D eigenvalue weighted by Crippen LogP contribution is 2.32. The van der Waals surface area contributed by atoms with E-state index >= 15 is 0 Å². The third-order valence-electron chi connectivity index (χ3n) is 4.75. The second kappa shape index (κ2) is 11.1. The van der Waals surface area contributed by atoms with E-state index in [0.29, 0.717) is 41.8 Å². The predicted octanol–water partition coefficient (Wildman–Crippen LogP) is 5.43. The van der Waals surface area contributed by atoms with Crippen molar-refractivity contribution in [3.8, 4) is 23.0 Å². The molecule has 0 saturated heterocycles. The average Bonchev–Trinajstić information content (AvgIpc) is 2.82. The molecule has 0 aliphatic heterocycles. The summed E-state index contributed by atoms with van der Waals surface area (Å²) in [5.74, 6) is 2.64. The average molecular weight is 421 g/mol. The minimum absolute atomic E-state index is 0.395. The van der Waals surface area contributed by atoms with Crippen molar-refractivity contribution in [2.45, 2.75) is 19.6 Å². The van der Waals surface area contributed by atoms with Gasteiger partial charge in [0.15, 0.2) is 0 Å². The fourth-order valence-corrected chi connectivity index (χ4v) is 3.13. The summed E-state index contributed by atoms with van der Waals surface area (Å²) in [7, 11) is 3.21. The van der Waals surface area contributed by atoms with Gasteiger partial charge >= 0.3 is 0 Å². The SMILES string of the molecule is CCOc1ccc(C(O)C=Cc2ccc(OC)cc2OC)c(OCc2ccccc2)c1. The molecule has 5 heteroatoms. The molecule has 0 saturated carbocycles. The summed E-state index contributed by atoms with van der Waals surface area (Å²) in [6.07, 6.45) is 2.66. The van der Waals surface area contributed by atoms with Crippen molar-refractivity contribution in [1.82, 2.24) is 0 Å². The van der Waals surface area contributed by atoms with Crippen LogP contribution < -0.4 is 18.9 Å². The van der Waals surface area contributed by atoms with Crippen LogP contribution >= 0.6 is 0 Å². The second-order valence-corrected chi connectivity index (χ2v) is 6.82. The maximum Gasteiger partial charge on any atom is 0.129 e. The van der Waals surface area contributed by atoms with E-state index in [1.54, 1.807) is 26.4 Å². The van der Waals surface area contributed by atoms with Gasteiger partial charge in [-0.15, -0.1) is 0 Å². The van der Waals surface area contributed by atoms with Crippen molar-refractivity contribution in [2.24, 2.45) is 0 Å². The van der Waals surface area contributed by atoms with E-state index in [1.165, 1.54) is 0 Å². The lowest BCUT2D eigenvalue weighted by molar-refractivity contribution is 0.216. The maximum atomic E-state index is 10.9. The van der Waals surface area contributed by atoms with Crippen molar-refractivity contribution >= 4 is 6.08 Å². The lowest BCUT2D eigenvalue weighted by Crippen LogP contribution is -2.03. The molecule has 0 aliphatic rings. The first-order chi connectivity index (χ1) is 15.1. The number of aliphatic hydroxyl groups excluding tert-OH is 1. The molecule has 3 rings (SSSR count). The molecule has 0 fully saturated rings. The van der Waals surface area contributed by atoms with Crippen LogP contribution in [0.1, 0.15) is 29.7 Å². The van der Waals surface area contributed by atoms with Crippen molar-refractivity contribution < 1.29 is 24.1 Å². The van der Waals surface area contributed by atoms with Crippen molar-refractivity contribution in [1.29, 1.82) is 0 Å². The van der Waals surface area contributed by atoms with E-state index in [1.807, 2.05) is 73.7 Å². The summed E-state index contributed by atoms with van der Waals surface area (Å²) in [6.45, 7) is 2.88. The third-order valence-corrected chi connectivity index (χ3v) is 4.75. The first kappa shape index (κ1) is 22.2. The van der Waals surface area contributed by atoms with Gasteiger partial charge in [-0.3, -0.25) is 0 Å². The van der Waals surface area contributed by atoms with Crippen LogP contribution in [0.3, 0.4) is 0 Å². The Labute approximate surface area is 183 Å². The molecule has 1 N–H and O–H groups in total. The standard InChI is InChI=1S/C26H28O5/c1-4-30-22-13-14-23(26(17-22)31-18-19-8-6-5-7-9-19)24(27)15-11-20-10-12-21(28-2)16-25(20)29-3/h5-17,24,27H,4,18H2,1-3H3. The lowest BCUT2D eigenvalue weighted by atomic mass is 10.1. The molecule has 1 unspecified atom stereocenters. The summed E-state index contributed by atoms with van der Waals surface area (Å²) in [5.41, 5.74) is 2.53. The summed E-state index contributed by atoms with van der Waals surface area (Å²) < 4.78 is 22.3. The number of hydrogen-bond acceptors (Lipinski definition) is 5. The first-order valence-electron chi connectivity index (χ1n) is 10.2. The van der Waals surface area contributed by atoms with Gasteiger partial charge in [-0.05, 0) is 36.8 Å². The number of ether oxygens (including phenoxy) is 4. The largest absolute Gasteiger partial charge is 0.497 e. The van der Waals surface area contributed by atoms with Crippen LogP contribution in [0.5, 0.6) is 23.0 Å². The van der Waals surface area contributed by atoms with Gasteiger partial charge in [0.2, 0.25) is 0 Å².